The molecule has 1 saturated heterocycles. The standard InChI is InChI=1S/C25H21NO7S/c1-30-17-7-5-14(10-19(17)31-2)22-21(23(27)15-6-8-18-20(11-15)33-13-32-18)24(28)25(29)26(22)12-16-4-3-9-34-16/h3-11,22,27H,12-13H2,1-2H3/b23-21+. The van der Waals surface area contributed by atoms with E-state index in [9.17, 15) is 14.7 Å². The summed E-state index contributed by atoms with van der Waals surface area (Å²) in [4.78, 5) is 28.8. The molecule has 1 atom stereocenters. The van der Waals surface area contributed by atoms with Gasteiger partial charge in [-0.25, -0.2) is 0 Å². The summed E-state index contributed by atoms with van der Waals surface area (Å²) >= 11 is 1.48. The van der Waals surface area contributed by atoms with Gasteiger partial charge >= 0.3 is 0 Å². The van der Waals surface area contributed by atoms with Crippen LogP contribution in [0.5, 0.6) is 23.0 Å². The van der Waals surface area contributed by atoms with Crippen molar-refractivity contribution < 1.29 is 33.6 Å². The summed E-state index contributed by atoms with van der Waals surface area (Å²) in [5, 5.41) is 13.2. The van der Waals surface area contributed by atoms with Crippen molar-refractivity contribution in [2.24, 2.45) is 0 Å². The van der Waals surface area contributed by atoms with Gasteiger partial charge in [-0.05, 0) is 47.3 Å². The summed E-state index contributed by atoms with van der Waals surface area (Å²) in [5.41, 5.74) is 0.951. The second-order valence-electron chi connectivity index (χ2n) is 7.69. The van der Waals surface area contributed by atoms with Crippen LogP contribution in [0, 0.1) is 0 Å². The Morgan fingerprint density at radius 1 is 1.06 bits per heavy atom. The molecule has 0 radical (unpaired) electrons. The second-order valence-corrected chi connectivity index (χ2v) is 8.72. The normalized spacial score (nSPS) is 18.4. The maximum atomic E-state index is 13.2. The summed E-state index contributed by atoms with van der Waals surface area (Å²) in [7, 11) is 3.04. The van der Waals surface area contributed by atoms with Crippen LogP contribution in [-0.4, -0.2) is 42.7 Å². The lowest BCUT2D eigenvalue weighted by molar-refractivity contribution is -0.140. The van der Waals surface area contributed by atoms with Crippen LogP contribution < -0.4 is 18.9 Å². The number of hydrogen-bond acceptors (Lipinski definition) is 8. The fourth-order valence-corrected chi connectivity index (χ4v) is 4.88. The molecule has 1 unspecified atom stereocenters. The lowest BCUT2D eigenvalue weighted by Crippen LogP contribution is -2.28. The van der Waals surface area contributed by atoms with Gasteiger partial charge in [0.1, 0.15) is 5.76 Å². The number of hydrogen-bond donors (Lipinski definition) is 1. The lowest BCUT2D eigenvalue weighted by atomic mass is 9.95. The summed E-state index contributed by atoms with van der Waals surface area (Å²) in [6, 6.07) is 13.0. The van der Waals surface area contributed by atoms with Crippen LogP contribution in [0.1, 0.15) is 22.0 Å². The minimum Gasteiger partial charge on any atom is -0.507 e. The SMILES string of the molecule is COc1ccc(C2/C(=C(\O)c3ccc4c(c3)OCO4)C(=O)C(=O)N2Cc2cccs2)cc1OC. The van der Waals surface area contributed by atoms with Crippen molar-refractivity contribution >= 4 is 28.8 Å². The Kier molecular flexibility index (Phi) is 5.62. The third-order valence-electron chi connectivity index (χ3n) is 5.82. The number of amides is 1. The van der Waals surface area contributed by atoms with Gasteiger partial charge in [0.25, 0.3) is 11.7 Å². The number of aliphatic hydroxyl groups excluding tert-OH is 1. The zero-order valence-electron chi connectivity index (χ0n) is 18.4. The predicted octanol–water partition coefficient (Wildman–Crippen LogP) is 4.12. The van der Waals surface area contributed by atoms with Gasteiger partial charge in [0, 0.05) is 10.4 Å². The molecule has 9 heteroatoms. The molecule has 1 amide bonds. The minimum atomic E-state index is -0.827. The number of carbonyl (C=O) groups is 2. The number of thiophene rings is 1. The van der Waals surface area contributed by atoms with E-state index in [0.29, 0.717) is 34.1 Å². The molecule has 0 bridgehead atoms. The van der Waals surface area contributed by atoms with Crippen LogP contribution in [0.15, 0.2) is 59.5 Å². The van der Waals surface area contributed by atoms with Crippen molar-refractivity contribution in [1.82, 2.24) is 4.90 Å². The highest BCUT2D eigenvalue weighted by molar-refractivity contribution is 7.09. The van der Waals surface area contributed by atoms with Gasteiger partial charge in [-0.1, -0.05) is 12.1 Å². The van der Waals surface area contributed by atoms with E-state index in [4.69, 9.17) is 18.9 Å². The van der Waals surface area contributed by atoms with E-state index in [-0.39, 0.29) is 24.7 Å². The topological polar surface area (TPSA) is 94.5 Å². The first kappa shape index (κ1) is 21.8. The molecule has 1 N–H and O–H groups in total. The molecule has 2 aliphatic heterocycles. The van der Waals surface area contributed by atoms with Crippen molar-refractivity contribution in [3.05, 3.63) is 75.5 Å². The number of ether oxygens (including phenoxy) is 4. The summed E-state index contributed by atoms with van der Waals surface area (Å²) in [6.45, 7) is 0.301. The summed E-state index contributed by atoms with van der Waals surface area (Å²) in [5.74, 6) is 0.236. The fraction of sp³-hybridized carbons (Fsp3) is 0.200. The van der Waals surface area contributed by atoms with E-state index < -0.39 is 17.7 Å². The predicted molar refractivity (Wildman–Crippen MR) is 124 cm³/mol. The molecule has 1 aromatic heterocycles. The molecular formula is C25H21NO7S. The molecule has 1 fully saturated rings. The first-order valence-corrected chi connectivity index (χ1v) is 11.3. The zero-order chi connectivity index (χ0) is 23.8. The van der Waals surface area contributed by atoms with E-state index >= 15 is 0 Å². The molecule has 2 aliphatic rings. The fourth-order valence-electron chi connectivity index (χ4n) is 4.18. The Morgan fingerprint density at radius 2 is 1.85 bits per heavy atom. The Labute approximate surface area is 199 Å². The van der Waals surface area contributed by atoms with Crippen LogP contribution >= 0.6 is 11.3 Å². The number of methoxy groups -OCH3 is 2. The van der Waals surface area contributed by atoms with Crippen molar-refractivity contribution in [1.29, 1.82) is 0 Å². The maximum absolute atomic E-state index is 13.2. The summed E-state index contributed by atoms with van der Waals surface area (Å²) in [6.07, 6.45) is 0. The molecule has 0 aliphatic carbocycles. The first-order valence-electron chi connectivity index (χ1n) is 10.4. The third kappa shape index (κ3) is 3.63. The smallest absolute Gasteiger partial charge is 0.295 e. The van der Waals surface area contributed by atoms with Crippen LogP contribution in [-0.2, 0) is 16.1 Å². The number of carbonyl (C=O) groups excluding carboxylic acids is 2. The van der Waals surface area contributed by atoms with Gasteiger partial charge in [-0.3, -0.25) is 9.59 Å². The number of ketones is 1. The molecular weight excluding hydrogens is 458 g/mol. The number of nitrogens with zero attached hydrogens (tertiary/aromatic N) is 1. The van der Waals surface area contributed by atoms with E-state index in [0.717, 1.165) is 4.88 Å². The van der Waals surface area contributed by atoms with E-state index in [1.807, 2.05) is 17.5 Å². The number of rotatable bonds is 6. The highest BCUT2D eigenvalue weighted by Gasteiger charge is 2.46. The molecule has 3 aromatic rings. The van der Waals surface area contributed by atoms with Crippen molar-refractivity contribution in [3.63, 3.8) is 0 Å². The van der Waals surface area contributed by atoms with Crippen molar-refractivity contribution in [2.75, 3.05) is 21.0 Å². The molecule has 0 saturated carbocycles. The van der Waals surface area contributed by atoms with Gasteiger partial charge in [0.15, 0.2) is 23.0 Å². The lowest BCUT2D eigenvalue weighted by Gasteiger charge is -2.25. The van der Waals surface area contributed by atoms with E-state index in [1.54, 1.807) is 36.4 Å². The van der Waals surface area contributed by atoms with Crippen molar-refractivity contribution in [3.8, 4) is 23.0 Å². The van der Waals surface area contributed by atoms with Gasteiger partial charge in [0.05, 0.1) is 32.4 Å². The molecule has 34 heavy (non-hydrogen) atoms. The quantitative estimate of drug-likeness (QED) is 0.323. The number of aliphatic hydroxyl groups is 1. The minimum absolute atomic E-state index is 0.00681. The molecule has 5 rings (SSSR count). The Balaban J connectivity index is 1.66. The van der Waals surface area contributed by atoms with E-state index in [2.05, 4.69) is 0 Å². The number of likely N-dealkylation sites (tertiary alicyclic amines) is 1. The number of fused-ring (bicyclic) bond motifs is 1. The van der Waals surface area contributed by atoms with E-state index in [1.165, 1.54) is 30.5 Å². The highest BCUT2D eigenvalue weighted by atomic mass is 32.1. The molecule has 2 aromatic carbocycles. The van der Waals surface area contributed by atoms with Crippen LogP contribution in [0.3, 0.4) is 0 Å². The van der Waals surface area contributed by atoms with Crippen LogP contribution in [0.2, 0.25) is 0 Å². The average molecular weight is 480 g/mol. The summed E-state index contributed by atoms with van der Waals surface area (Å²) < 4.78 is 21.5. The highest BCUT2D eigenvalue weighted by Crippen LogP contribution is 2.44. The third-order valence-corrected chi connectivity index (χ3v) is 6.68. The Hall–Kier alpha value is -3.98. The Bertz CT molecular complexity index is 1300. The largest absolute Gasteiger partial charge is 0.507 e. The number of benzene rings is 2. The number of Topliss-reactive ketones (excluding diaryl/α,β-unsaturated/α-hetero) is 1. The van der Waals surface area contributed by atoms with Crippen LogP contribution in [0.25, 0.3) is 5.76 Å². The zero-order valence-corrected chi connectivity index (χ0v) is 19.3. The molecule has 174 valence electrons. The van der Waals surface area contributed by atoms with Crippen molar-refractivity contribution in [2.45, 2.75) is 12.6 Å². The van der Waals surface area contributed by atoms with Gasteiger partial charge in [0.2, 0.25) is 6.79 Å². The molecule has 0 spiro atoms. The second kappa shape index (κ2) is 8.75. The van der Waals surface area contributed by atoms with Gasteiger partial charge in [-0.2, -0.15) is 0 Å². The van der Waals surface area contributed by atoms with Gasteiger partial charge in [-0.15, -0.1) is 11.3 Å². The van der Waals surface area contributed by atoms with Crippen LogP contribution in [0.4, 0.5) is 0 Å². The maximum Gasteiger partial charge on any atom is 0.295 e. The van der Waals surface area contributed by atoms with Gasteiger partial charge < -0.3 is 29.0 Å². The molecule has 3 heterocycles. The Morgan fingerprint density at radius 3 is 2.59 bits per heavy atom. The monoisotopic (exact) mass is 479 g/mol. The average Bonchev–Trinajstić information content (AvgIpc) is 3.60. The first-order chi connectivity index (χ1) is 16.5. The molecule has 8 nitrogen and oxygen atoms in total.